The van der Waals surface area contributed by atoms with E-state index in [-0.39, 0.29) is 15.0 Å². The molecule has 1 rings (SSSR count). The van der Waals surface area contributed by atoms with E-state index in [0.29, 0.717) is 5.88 Å². The molecule has 0 nitrogen and oxygen atoms in total. The summed E-state index contributed by atoms with van der Waals surface area (Å²) in [7, 11) is 0. The zero-order valence-corrected chi connectivity index (χ0v) is 8.35. The van der Waals surface area contributed by atoms with E-state index in [2.05, 4.69) is 22.9 Å². The predicted molar refractivity (Wildman–Crippen MR) is 50.3 cm³/mol. The van der Waals surface area contributed by atoms with Crippen molar-refractivity contribution in [3.05, 3.63) is 30.3 Å². The van der Waals surface area contributed by atoms with Crippen LogP contribution in [0.15, 0.2) is 30.3 Å². The van der Waals surface area contributed by atoms with Crippen molar-refractivity contribution in [2.75, 3.05) is 5.88 Å². The van der Waals surface area contributed by atoms with Gasteiger partial charge in [-0.25, -0.2) is 0 Å². The summed E-state index contributed by atoms with van der Waals surface area (Å²) < 4.78 is 1.30. The zero-order chi connectivity index (χ0) is 7.94. The summed E-state index contributed by atoms with van der Waals surface area (Å²) in [5.41, 5.74) is 0. The average Bonchev–Trinajstić information content (AvgIpc) is 2.07. The fourth-order valence-corrected chi connectivity index (χ4v) is 2.02. The molecule has 0 fully saturated rings. The Morgan fingerprint density at radius 2 is 2.00 bits per heavy atom. The van der Waals surface area contributed by atoms with E-state index in [1.54, 1.807) is 0 Å². The Kier molecular flexibility index (Phi) is 4.16. The summed E-state index contributed by atoms with van der Waals surface area (Å²) in [4.78, 5) is 3.03. The van der Waals surface area contributed by atoms with Gasteiger partial charge in [-0.05, 0) is 0 Å². The van der Waals surface area contributed by atoms with Gasteiger partial charge < -0.3 is 0 Å². The fourth-order valence-electron chi connectivity index (χ4n) is 0.611. The number of halogens is 1. The maximum atomic E-state index is 5.40. The zero-order valence-electron chi connectivity index (χ0n) is 5.88. The molecule has 1 aromatic rings. The van der Waals surface area contributed by atoms with Gasteiger partial charge in [0.1, 0.15) is 0 Å². The van der Waals surface area contributed by atoms with E-state index in [4.69, 9.17) is 11.6 Å². The van der Waals surface area contributed by atoms with Gasteiger partial charge in [-0.3, -0.25) is 0 Å². The average molecular weight is 230 g/mol. The van der Waals surface area contributed by atoms with Crippen LogP contribution < -0.4 is 4.46 Å². The van der Waals surface area contributed by atoms with Crippen LogP contribution >= 0.6 is 11.6 Å². The molecule has 0 N–H and O–H groups in total. The van der Waals surface area contributed by atoms with Gasteiger partial charge in [0.25, 0.3) is 0 Å². The number of rotatable bonds is 1. The predicted octanol–water partition coefficient (Wildman–Crippen LogP) is 1.22. The molecule has 0 unspecified atom stereocenters. The third-order valence-corrected chi connectivity index (χ3v) is 2.77. The van der Waals surface area contributed by atoms with Gasteiger partial charge in [0.2, 0.25) is 0 Å². The molecule has 0 spiro atoms. The van der Waals surface area contributed by atoms with Crippen LogP contribution in [0, 0.1) is 10.7 Å². The molecule has 0 aliphatic carbocycles. The summed E-state index contributed by atoms with van der Waals surface area (Å²) >= 11 is 5.68. The molecule has 0 aliphatic rings. The molecule has 0 atom stereocenters. The first-order valence-electron chi connectivity index (χ1n) is 3.19. The minimum absolute atomic E-state index is 0.274. The molecular formula is C9H7ClSe. The van der Waals surface area contributed by atoms with Crippen molar-refractivity contribution in [3.63, 3.8) is 0 Å². The third kappa shape index (κ3) is 3.49. The molecule has 1 aromatic carbocycles. The Hall–Kier alpha value is -0.411. The summed E-state index contributed by atoms with van der Waals surface area (Å²) in [5.74, 6) is 3.28. The van der Waals surface area contributed by atoms with E-state index in [9.17, 15) is 0 Å². The number of hydrogen-bond acceptors (Lipinski definition) is 0. The van der Waals surface area contributed by atoms with Crippen LogP contribution in [0.25, 0.3) is 0 Å². The van der Waals surface area contributed by atoms with Crippen molar-refractivity contribution in [1.29, 1.82) is 0 Å². The van der Waals surface area contributed by atoms with Crippen LogP contribution in [0.2, 0.25) is 0 Å². The Morgan fingerprint density at radius 3 is 2.64 bits per heavy atom. The molecule has 0 saturated heterocycles. The van der Waals surface area contributed by atoms with Crippen molar-refractivity contribution in [1.82, 2.24) is 0 Å². The Bertz CT molecular complexity index is 258. The molecule has 0 heterocycles. The van der Waals surface area contributed by atoms with Crippen molar-refractivity contribution in [2.45, 2.75) is 0 Å². The van der Waals surface area contributed by atoms with Crippen LogP contribution in [0.3, 0.4) is 0 Å². The molecule has 11 heavy (non-hydrogen) atoms. The van der Waals surface area contributed by atoms with Crippen LogP contribution in [0.4, 0.5) is 0 Å². The van der Waals surface area contributed by atoms with E-state index in [1.807, 2.05) is 18.2 Å². The van der Waals surface area contributed by atoms with Gasteiger partial charge in [-0.1, -0.05) is 0 Å². The van der Waals surface area contributed by atoms with Crippen LogP contribution in [0.1, 0.15) is 0 Å². The minimum atomic E-state index is 0.274. The standard InChI is InChI=1S/C9H7ClSe/c10-7-4-8-11-9-5-2-1-3-6-9/h1-3,5-6H,7H2. The summed E-state index contributed by atoms with van der Waals surface area (Å²) in [5, 5.41) is 0. The Balaban J connectivity index is 2.52. The molecule has 56 valence electrons. The number of alkyl halides is 1. The topological polar surface area (TPSA) is 0 Å². The second-order valence-electron chi connectivity index (χ2n) is 1.83. The van der Waals surface area contributed by atoms with Gasteiger partial charge in [0, 0.05) is 0 Å². The molecular weight excluding hydrogens is 223 g/mol. The number of hydrogen-bond donors (Lipinski definition) is 0. The first-order chi connectivity index (χ1) is 5.43. The summed E-state index contributed by atoms with van der Waals surface area (Å²) in [6.07, 6.45) is 0. The van der Waals surface area contributed by atoms with E-state index >= 15 is 0 Å². The van der Waals surface area contributed by atoms with Gasteiger partial charge >= 0.3 is 78.0 Å². The quantitative estimate of drug-likeness (QED) is 0.386. The SMILES string of the molecule is ClCC#C[Se]c1ccccc1. The molecule has 0 amide bonds. The molecule has 0 aliphatic heterocycles. The van der Waals surface area contributed by atoms with Crippen LogP contribution in [-0.4, -0.2) is 20.8 Å². The second kappa shape index (κ2) is 5.27. The number of benzene rings is 1. The molecule has 0 bridgehead atoms. The molecule has 0 saturated carbocycles. The van der Waals surface area contributed by atoms with E-state index in [1.165, 1.54) is 4.46 Å². The van der Waals surface area contributed by atoms with Crippen molar-refractivity contribution >= 4 is 31.0 Å². The second-order valence-corrected chi connectivity index (χ2v) is 3.94. The van der Waals surface area contributed by atoms with Crippen molar-refractivity contribution < 1.29 is 0 Å². The van der Waals surface area contributed by atoms with E-state index in [0.717, 1.165) is 0 Å². The third-order valence-electron chi connectivity index (χ3n) is 1.05. The van der Waals surface area contributed by atoms with Gasteiger partial charge in [0.15, 0.2) is 0 Å². The van der Waals surface area contributed by atoms with Crippen LogP contribution in [-0.2, 0) is 0 Å². The fraction of sp³-hybridized carbons (Fsp3) is 0.111. The van der Waals surface area contributed by atoms with Gasteiger partial charge in [-0.15, -0.1) is 0 Å². The molecule has 2 heteroatoms. The van der Waals surface area contributed by atoms with Gasteiger partial charge in [0.05, 0.1) is 0 Å². The first kappa shape index (κ1) is 8.68. The first-order valence-corrected chi connectivity index (χ1v) is 5.44. The van der Waals surface area contributed by atoms with Crippen molar-refractivity contribution in [2.24, 2.45) is 0 Å². The normalized spacial score (nSPS) is 8.45. The monoisotopic (exact) mass is 230 g/mol. The summed E-state index contributed by atoms with van der Waals surface area (Å²) in [6.45, 7) is 0. The Morgan fingerprint density at radius 1 is 1.27 bits per heavy atom. The van der Waals surface area contributed by atoms with Gasteiger partial charge in [-0.2, -0.15) is 0 Å². The Labute approximate surface area is 78.1 Å². The molecule has 0 aromatic heterocycles. The van der Waals surface area contributed by atoms with Crippen LogP contribution in [0.5, 0.6) is 0 Å². The summed E-state index contributed by atoms with van der Waals surface area (Å²) in [6, 6.07) is 10.2. The van der Waals surface area contributed by atoms with E-state index < -0.39 is 0 Å². The maximum absolute atomic E-state index is 5.40. The van der Waals surface area contributed by atoms with Crippen molar-refractivity contribution in [3.8, 4) is 10.7 Å². The molecule has 0 radical (unpaired) electrons.